The van der Waals surface area contributed by atoms with Gasteiger partial charge in [0.25, 0.3) is 11.5 Å². The van der Waals surface area contributed by atoms with Crippen molar-refractivity contribution in [3.8, 4) is 11.8 Å². The molecule has 0 fully saturated rings. The minimum absolute atomic E-state index is 0.0961. The zero-order valence-electron chi connectivity index (χ0n) is 19.6. The Morgan fingerprint density at radius 3 is 2.39 bits per heavy atom. The molecular weight excluding hydrogens is 473 g/mol. The SMILES string of the molecule is Cc1c(C2=NC(C)(C)CN2c2ccc(C#N)cc2)nc(C(N)=O)c(=O)n1-c1cccc(C(F)(F)F)c1. The molecule has 1 aliphatic heterocycles. The molecule has 3 aromatic rings. The van der Waals surface area contributed by atoms with Gasteiger partial charge in [-0.1, -0.05) is 6.07 Å². The van der Waals surface area contributed by atoms with Crippen LogP contribution in [0.15, 0.2) is 58.3 Å². The second-order valence-corrected chi connectivity index (χ2v) is 8.94. The molecule has 1 amide bonds. The van der Waals surface area contributed by atoms with Gasteiger partial charge >= 0.3 is 6.18 Å². The van der Waals surface area contributed by atoms with Crippen LogP contribution >= 0.6 is 0 Å². The minimum Gasteiger partial charge on any atom is -0.364 e. The summed E-state index contributed by atoms with van der Waals surface area (Å²) in [5.41, 5.74) is 3.66. The van der Waals surface area contributed by atoms with Crippen molar-refractivity contribution in [3.05, 3.63) is 87.1 Å². The molecule has 2 N–H and O–H groups in total. The lowest BCUT2D eigenvalue weighted by Gasteiger charge is -2.24. The number of aliphatic imine (C=N–C) groups is 1. The predicted molar refractivity (Wildman–Crippen MR) is 127 cm³/mol. The second kappa shape index (κ2) is 8.64. The Bertz CT molecular complexity index is 1500. The van der Waals surface area contributed by atoms with Crippen LogP contribution in [0.3, 0.4) is 0 Å². The Balaban J connectivity index is 1.97. The number of rotatable bonds is 4. The van der Waals surface area contributed by atoms with E-state index in [1.54, 1.807) is 24.3 Å². The molecule has 0 aliphatic carbocycles. The van der Waals surface area contributed by atoms with Crippen LogP contribution in [0.5, 0.6) is 0 Å². The van der Waals surface area contributed by atoms with Gasteiger partial charge in [-0.15, -0.1) is 0 Å². The largest absolute Gasteiger partial charge is 0.416 e. The van der Waals surface area contributed by atoms with Crippen LogP contribution in [0.25, 0.3) is 5.69 Å². The predicted octanol–water partition coefficient (Wildman–Crippen LogP) is 3.58. The maximum Gasteiger partial charge on any atom is 0.416 e. The molecule has 0 saturated heterocycles. The van der Waals surface area contributed by atoms with Crippen LogP contribution in [0.1, 0.15) is 46.9 Å². The van der Waals surface area contributed by atoms with Gasteiger partial charge < -0.3 is 10.6 Å². The first-order valence-electron chi connectivity index (χ1n) is 10.8. The number of amidine groups is 1. The first-order chi connectivity index (χ1) is 16.8. The third-order valence-electron chi connectivity index (χ3n) is 5.70. The van der Waals surface area contributed by atoms with Crippen molar-refractivity contribution in [2.45, 2.75) is 32.5 Å². The lowest BCUT2D eigenvalue weighted by atomic mass is 10.1. The number of carbonyl (C=O) groups excluding carboxylic acids is 1. The van der Waals surface area contributed by atoms with Gasteiger partial charge in [0.2, 0.25) is 0 Å². The van der Waals surface area contributed by atoms with Gasteiger partial charge in [-0.25, -0.2) is 4.98 Å². The highest BCUT2D eigenvalue weighted by atomic mass is 19.4. The first kappa shape index (κ1) is 24.7. The summed E-state index contributed by atoms with van der Waals surface area (Å²) in [5, 5.41) is 9.12. The lowest BCUT2D eigenvalue weighted by Crippen LogP contribution is -2.38. The van der Waals surface area contributed by atoms with Crippen molar-refractivity contribution < 1.29 is 18.0 Å². The third-order valence-corrected chi connectivity index (χ3v) is 5.70. The average Bonchev–Trinajstić information content (AvgIpc) is 3.14. The van der Waals surface area contributed by atoms with E-state index in [1.165, 1.54) is 19.1 Å². The minimum atomic E-state index is -4.64. The van der Waals surface area contributed by atoms with Gasteiger partial charge in [0.05, 0.1) is 28.4 Å². The molecule has 0 radical (unpaired) electrons. The fourth-order valence-electron chi connectivity index (χ4n) is 4.06. The Labute approximate surface area is 204 Å². The van der Waals surface area contributed by atoms with E-state index in [0.29, 0.717) is 23.6 Å². The molecule has 8 nitrogen and oxygen atoms in total. The highest BCUT2D eigenvalue weighted by molar-refractivity contribution is 6.11. The first-order valence-corrected chi connectivity index (χ1v) is 10.8. The number of nitrogens with zero attached hydrogens (tertiary/aromatic N) is 5. The number of amides is 1. The summed E-state index contributed by atoms with van der Waals surface area (Å²) >= 11 is 0. The fourth-order valence-corrected chi connectivity index (χ4v) is 4.06. The van der Waals surface area contributed by atoms with Crippen molar-refractivity contribution in [1.82, 2.24) is 9.55 Å². The highest BCUT2D eigenvalue weighted by Crippen LogP contribution is 2.32. The van der Waals surface area contributed by atoms with Crippen molar-refractivity contribution in [1.29, 1.82) is 5.26 Å². The Kier molecular flexibility index (Phi) is 5.92. The molecule has 184 valence electrons. The van der Waals surface area contributed by atoms with Gasteiger partial charge in [0.15, 0.2) is 11.5 Å². The average molecular weight is 494 g/mol. The van der Waals surface area contributed by atoms with Crippen LogP contribution in [-0.2, 0) is 6.18 Å². The molecule has 0 unspecified atom stereocenters. The van der Waals surface area contributed by atoms with Crippen molar-refractivity contribution in [2.75, 3.05) is 11.4 Å². The molecule has 1 aliphatic rings. The molecule has 0 saturated carbocycles. The van der Waals surface area contributed by atoms with Crippen molar-refractivity contribution in [3.63, 3.8) is 0 Å². The van der Waals surface area contributed by atoms with E-state index in [1.807, 2.05) is 24.8 Å². The summed E-state index contributed by atoms with van der Waals surface area (Å²) in [4.78, 5) is 36.1. The number of aromatic nitrogens is 2. The quantitative estimate of drug-likeness (QED) is 0.595. The highest BCUT2D eigenvalue weighted by Gasteiger charge is 2.36. The van der Waals surface area contributed by atoms with E-state index in [2.05, 4.69) is 4.98 Å². The molecule has 36 heavy (non-hydrogen) atoms. The van der Waals surface area contributed by atoms with E-state index in [0.717, 1.165) is 16.7 Å². The van der Waals surface area contributed by atoms with Crippen LogP contribution < -0.4 is 16.2 Å². The van der Waals surface area contributed by atoms with E-state index >= 15 is 0 Å². The van der Waals surface area contributed by atoms with Gasteiger partial charge in [-0.3, -0.25) is 19.1 Å². The zero-order valence-corrected chi connectivity index (χ0v) is 19.6. The summed E-state index contributed by atoms with van der Waals surface area (Å²) in [6.45, 7) is 5.68. The molecular formula is C25H21F3N6O2. The summed E-state index contributed by atoms with van der Waals surface area (Å²) in [5.74, 6) is -0.810. The Morgan fingerprint density at radius 1 is 1.14 bits per heavy atom. The molecule has 4 rings (SSSR count). The number of nitrogens with two attached hydrogens (primary N) is 1. The van der Waals surface area contributed by atoms with Gasteiger partial charge in [0.1, 0.15) is 5.69 Å². The summed E-state index contributed by atoms with van der Waals surface area (Å²) in [6, 6.07) is 13.0. The second-order valence-electron chi connectivity index (χ2n) is 8.94. The smallest absolute Gasteiger partial charge is 0.364 e. The molecule has 1 aromatic heterocycles. The number of hydrogen-bond acceptors (Lipinski definition) is 6. The maximum absolute atomic E-state index is 13.4. The van der Waals surface area contributed by atoms with Crippen molar-refractivity contribution >= 4 is 17.4 Å². The van der Waals surface area contributed by atoms with Crippen LogP contribution in [0.4, 0.5) is 18.9 Å². The standard InChI is InChI=1S/C25H21F3N6O2/c1-14-19(22-32-24(2,3)13-33(22)17-9-7-15(12-29)8-10-17)31-20(21(30)35)23(36)34(14)18-6-4-5-16(11-18)25(26,27)28/h4-11H,13H2,1-3H3,(H2,30,35). The number of nitriles is 1. The summed E-state index contributed by atoms with van der Waals surface area (Å²) < 4.78 is 41.1. The number of halogens is 3. The van der Waals surface area contributed by atoms with E-state index in [9.17, 15) is 22.8 Å². The van der Waals surface area contributed by atoms with Gasteiger partial charge in [0, 0.05) is 17.9 Å². The number of primary amides is 1. The molecule has 11 heteroatoms. The van der Waals surface area contributed by atoms with E-state index < -0.39 is 34.4 Å². The Hall–Kier alpha value is -4.46. The molecule has 0 bridgehead atoms. The third kappa shape index (κ3) is 4.45. The summed E-state index contributed by atoms with van der Waals surface area (Å²) in [6.07, 6.45) is -4.64. The molecule has 2 heterocycles. The fraction of sp³-hybridized carbons (Fsp3) is 0.240. The number of carbonyl (C=O) groups is 1. The number of benzene rings is 2. The van der Waals surface area contributed by atoms with Gasteiger partial charge in [-0.05, 0) is 63.2 Å². The maximum atomic E-state index is 13.4. The lowest BCUT2D eigenvalue weighted by molar-refractivity contribution is -0.137. The van der Waals surface area contributed by atoms with Crippen LogP contribution in [0, 0.1) is 18.3 Å². The molecule has 0 atom stereocenters. The topological polar surface area (TPSA) is 117 Å². The van der Waals surface area contributed by atoms with Gasteiger partial charge in [-0.2, -0.15) is 18.4 Å². The Morgan fingerprint density at radius 2 is 1.81 bits per heavy atom. The van der Waals surface area contributed by atoms with Crippen LogP contribution in [-0.4, -0.2) is 33.4 Å². The number of anilines is 1. The number of alkyl halides is 3. The molecule has 2 aromatic carbocycles. The zero-order chi connectivity index (χ0) is 26.4. The van der Waals surface area contributed by atoms with E-state index in [-0.39, 0.29) is 17.1 Å². The molecule has 0 spiro atoms. The van der Waals surface area contributed by atoms with Crippen molar-refractivity contribution in [2.24, 2.45) is 10.7 Å². The normalized spacial score (nSPS) is 14.9. The van der Waals surface area contributed by atoms with Crippen LogP contribution in [0.2, 0.25) is 0 Å². The number of hydrogen-bond donors (Lipinski definition) is 1. The van der Waals surface area contributed by atoms with E-state index in [4.69, 9.17) is 16.0 Å². The summed E-state index contributed by atoms with van der Waals surface area (Å²) in [7, 11) is 0. The monoisotopic (exact) mass is 494 g/mol.